The quantitative estimate of drug-likeness (QED) is 0.181. The summed E-state index contributed by atoms with van der Waals surface area (Å²) in [5.74, 6) is 0. The number of benzene rings is 8. The van der Waals surface area contributed by atoms with E-state index in [1.54, 1.807) is 0 Å². The minimum atomic E-state index is -0.451. The average molecular weight is 698 g/mol. The van der Waals surface area contributed by atoms with E-state index in [2.05, 4.69) is 193 Å². The third-order valence-electron chi connectivity index (χ3n) is 10.9. The van der Waals surface area contributed by atoms with Crippen molar-refractivity contribution in [2.75, 3.05) is 0 Å². The molecule has 0 bridgehead atoms. The van der Waals surface area contributed by atoms with Crippen LogP contribution in [0.2, 0.25) is 0 Å². The molecule has 8 aromatic carbocycles. The van der Waals surface area contributed by atoms with Gasteiger partial charge in [0.25, 0.3) is 0 Å². The number of aromatic nitrogens is 1. The second kappa shape index (κ2) is 11.6. The van der Waals surface area contributed by atoms with Crippen LogP contribution in [0, 0.1) is 0 Å². The van der Waals surface area contributed by atoms with E-state index in [0.29, 0.717) is 0 Å². The minimum absolute atomic E-state index is 0.451. The molecule has 1 spiro atoms. The van der Waals surface area contributed by atoms with E-state index in [-0.39, 0.29) is 0 Å². The number of nitrogens with zero attached hydrogens (tertiary/aromatic N) is 1. The monoisotopic (exact) mass is 697 g/mol. The van der Waals surface area contributed by atoms with Crippen molar-refractivity contribution in [1.29, 1.82) is 0 Å². The lowest BCUT2D eigenvalue weighted by atomic mass is 9.64. The molecule has 2 aliphatic rings. The summed E-state index contributed by atoms with van der Waals surface area (Å²) in [5, 5.41) is 2.54. The van der Waals surface area contributed by atoms with Gasteiger partial charge < -0.3 is 4.57 Å². The Hall–Kier alpha value is -5.74. The molecular weight excluding hydrogens is 667 g/mol. The van der Waals surface area contributed by atoms with E-state index < -0.39 is 5.41 Å². The largest absolute Gasteiger partial charge is 0.309 e. The summed E-state index contributed by atoms with van der Waals surface area (Å²) in [6, 6.07) is 69.7. The fourth-order valence-electron chi connectivity index (χ4n) is 8.75. The third-order valence-corrected chi connectivity index (χ3v) is 13.2. The van der Waals surface area contributed by atoms with Crippen molar-refractivity contribution in [3.63, 3.8) is 0 Å². The van der Waals surface area contributed by atoms with Gasteiger partial charge in [-0.2, -0.15) is 0 Å². The van der Waals surface area contributed by atoms with E-state index in [1.165, 1.54) is 91.6 Å². The van der Waals surface area contributed by atoms with E-state index in [0.717, 1.165) is 0 Å². The maximum absolute atomic E-state index is 2.47. The molecule has 9 aromatic rings. The van der Waals surface area contributed by atoms with Gasteiger partial charge in [0.1, 0.15) is 0 Å². The lowest BCUT2D eigenvalue weighted by Gasteiger charge is -2.45. The Morgan fingerprint density at radius 2 is 0.904 bits per heavy atom. The Morgan fingerprint density at radius 1 is 0.365 bits per heavy atom. The Kier molecular flexibility index (Phi) is 6.70. The predicted octanol–water partition coefficient (Wildman–Crippen LogP) is 13.4. The van der Waals surface area contributed by atoms with Gasteiger partial charge in [0.15, 0.2) is 0 Å². The Labute approximate surface area is 311 Å². The van der Waals surface area contributed by atoms with Crippen molar-refractivity contribution >= 4 is 45.3 Å². The first-order valence-electron chi connectivity index (χ1n) is 17.8. The minimum Gasteiger partial charge on any atom is -0.309 e. The summed E-state index contributed by atoms with van der Waals surface area (Å²) in [5.41, 5.74) is 13.5. The maximum atomic E-state index is 2.47. The third kappa shape index (κ3) is 4.27. The van der Waals surface area contributed by atoms with E-state index in [4.69, 9.17) is 0 Å². The van der Waals surface area contributed by atoms with E-state index >= 15 is 0 Å². The zero-order valence-corrected chi connectivity index (χ0v) is 29.8. The van der Waals surface area contributed by atoms with Crippen molar-refractivity contribution < 1.29 is 0 Å². The predicted molar refractivity (Wildman–Crippen MR) is 218 cm³/mol. The highest BCUT2D eigenvalue weighted by molar-refractivity contribution is 8.00. The van der Waals surface area contributed by atoms with Crippen molar-refractivity contribution in [2.45, 2.75) is 25.0 Å². The second-order valence-electron chi connectivity index (χ2n) is 13.6. The van der Waals surface area contributed by atoms with E-state index in [9.17, 15) is 0 Å². The fraction of sp³-hybridized carbons (Fsp3) is 0.0204. The summed E-state index contributed by atoms with van der Waals surface area (Å²) in [7, 11) is 0. The van der Waals surface area contributed by atoms with Crippen LogP contribution >= 0.6 is 23.5 Å². The molecule has 0 saturated heterocycles. The first-order valence-corrected chi connectivity index (χ1v) is 19.4. The molecule has 0 fully saturated rings. The first kappa shape index (κ1) is 29.9. The maximum Gasteiger partial charge on any atom is 0.0745 e. The van der Waals surface area contributed by atoms with Crippen LogP contribution < -0.4 is 0 Å². The van der Waals surface area contributed by atoms with Crippen molar-refractivity contribution in [2.24, 2.45) is 0 Å². The van der Waals surface area contributed by atoms with Gasteiger partial charge in [-0.15, -0.1) is 0 Å². The molecule has 1 aromatic heterocycles. The molecule has 0 aliphatic carbocycles. The number of rotatable bonds is 3. The van der Waals surface area contributed by atoms with Gasteiger partial charge in [-0.25, -0.2) is 0 Å². The smallest absolute Gasteiger partial charge is 0.0745 e. The summed E-state index contributed by atoms with van der Waals surface area (Å²) < 4.78 is 2.44. The number of fused-ring (bicyclic) bond motifs is 11. The molecule has 3 heteroatoms. The molecule has 0 N–H and O–H groups in total. The molecule has 0 saturated carbocycles. The van der Waals surface area contributed by atoms with Crippen LogP contribution in [0.4, 0.5) is 0 Å². The summed E-state index contributed by atoms with van der Waals surface area (Å²) in [6.07, 6.45) is 0. The molecule has 2 aliphatic heterocycles. The van der Waals surface area contributed by atoms with Gasteiger partial charge >= 0.3 is 0 Å². The van der Waals surface area contributed by atoms with Crippen LogP contribution in [0.5, 0.6) is 0 Å². The standard InChI is InChI=1S/C49H31NS2/c1-3-14-32(15-4-1)33-26-28-41-46(30-33)52-47-31-34(27-29-42(47)49(41)39-21-8-11-24-44(39)51-45-25-12-9-22-40(45)49)36-19-13-20-38-37-18-7-10-23-43(37)50(48(36)38)35-16-5-2-6-17-35/h1-31H. The number of hydrogen-bond acceptors (Lipinski definition) is 2. The molecule has 0 atom stereocenters. The molecule has 52 heavy (non-hydrogen) atoms. The summed E-state index contributed by atoms with van der Waals surface area (Å²) >= 11 is 3.81. The molecule has 11 rings (SSSR count). The molecule has 0 unspecified atom stereocenters. The number of para-hydroxylation sites is 3. The van der Waals surface area contributed by atoms with E-state index in [1.807, 2.05) is 23.5 Å². The van der Waals surface area contributed by atoms with Gasteiger partial charge in [0.05, 0.1) is 16.4 Å². The highest BCUT2D eigenvalue weighted by Gasteiger charge is 2.48. The van der Waals surface area contributed by atoms with Gasteiger partial charge in [-0.3, -0.25) is 0 Å². The molecule has 0 radical (unpaired) electrons. The lowest BCUT2D eigenvalue weighted by molar-refractivity contribution is 0.667. The Balaban J connectivity index is 1.21. The zero-order chi connectivity index (χ0) is 34.2. The highest BCUT2D eigenvalue weighted by atomic mass is 32.2. The molecule has 244 valence electrons. The second-order valence-corrected chi connectivity index (χ2v) is 15.8. The molecule has 1 nitrogen and oxygen atoms in total. The fourth-order valence-corrected chi connectivity index (χ4v) is 11.2. The SMILES string of the molecule is c1ccc(-c2ccc3c(c2)Sc2cc(-c4cccc5c6ccccc6n(-c6ccccc6)c45)ccc2C32c3ccccc3Sc3ccccc32)cc1. The van der Waals surface area contributed by atoms with Gasteiger partial charge in [-0.1, -0.05) is 169 Å². The van der Waals surface area contributed by atoms with Crippen molar-refractivity contribution in [1.82, 2.24) is 4.57 Å². The highest BCUT2D eigenvalue weighted by Crippen LogP contribution is 2.62. The van der Waals surface area contributed by atoms with Crippen molar-refractivity contribution in [3.05, 3.63) is 210 Å². The topological polar surface area (TPSA) is 4.93 Å². The normalized spacial score (nSPS) is 13.8. The first-order chi connectivity index (χ1) is 25.8. The summed E-state index contributed by atoms with van der Waals surface area (Å²) in [6.45, 7) is 0. The van der Waals surface area contributed by atoms with Crippen LogP contribution in [-0.2, 0) is 5.41 Å². The number of hydrogen-bond donors (Lipinski definition) is 0. The molecule has 0 amide bonds. The molecular formula is C49H31NS2. The Morgan fingerprint density at radius 3 is 1.63 bits per heavy atom. The lowest BCUT2D eigenvalue weighted by Crippen LogP contribution is -2.36. The van der Waals surface area contributed by atoms with Crippen LogP contribution in [0.15, 0.2) is 208 Å². The van der Waals surface area contributed by atoms with Crippen LogP contribution in [0.3, 0.4) is 0 Å². The Bertz CT molecular complexity index is 2810. The van der Waals surface area contributed by atoms with Crippen LogP contribution in [-0.4, -0.2) is 4.57 Å². The van der Waals surface area contributed by atoms with Gasteiger partial charge in [0, 0.05) is 41.6 Å². The average Bonchev–Trinajstić information content (AvgIpc) is 3.56. The van der Waals surface area contributed by atoms with Crippen LogP contribution in [0.25, 0.3) is 49.7 Å². The zero-order valence-electron chi connectivity index (χ0n) is 28.2. The van der Waals surface area contributed by atoms with Gasteiger partial charge in [-0.05, 0) is 81.4 Å². The van der Waals surface area contributed by atoms with Gasteiger partial charge in [0.2, 0.25) is 0 Å². The van der Waals surface area contributed by atoms with Crippen LogP contribution in [0.1, 0.15) is 22.3 Å². The molecule has 3 heterocycles. The summed E-state index contributed by atoms with van der Waals surface area (Å²) in [4.78, 5) is 5.24. The van der Waals surface area contributed by atoms with Crippen molar-refractivity contribution in [3.8, 4) is 27.9 Å².